The zero-order valence-electron chi connectivity index (χ0n) is 19.3. The molecule has 0 aliphatic carbocycles. The van der Waals surface area contributed by atoms with Crippen LogP contribution in [0.3, 0.4) is 0 Å². The van der Waals surface area contributed by atoms with Gasteiger partial charge in [0.15, 0.2) is 0 Å². The van der Waals surface area contributed by atoms with Crippen LogP contribution in [0.1, 0.15) is 55.4 Å². The van der Waals surface area contributed by atoms with Crippen molar-refractivity contribution in [1.82, 2.24) is 4.90 Å². The Balaban J connectivity index is 1.49. The average molecular weight is 487 g/mol. The van der Waals surface area contributed by atoms with Crippen LogP contribution in [0.5, 0.6) is 5.75 Å². The second-order valence-electron chi connectivity index (χ2n) is 8.94. The molecular weight excluding hydrogens is 456 g/mol. The van der Waals surface area contributed by atoms with Gasteiger partial charge in [0.1, 0.15) is 17.9 Å². The maximum Gasteiger partial charge on any atom is 0.252 e. The molecule has 3 N–H and O–H groups in total. The van der Waals surface area contributed by atoms with E-state index in [-0.39, 0.29) is 12.3 Å². The summed E-state index contributed by atoms with van der Waals surface area (Å²) in [5.41, 5.74) is 8.36. The Morgan fingerprint density at radius 2 is 1.97 bits per heavy atom. The first-order valence-corrected chi connectivity index (χ1v) is 12.2. The van der Waals surface area contributed by atoms with E-state index < -0.39 is 30.3 Å². The number of amides is 2. The fraction of sp³-hybridized carbons (Fsp3) is 0.462. The lowest BCUT2D eigenvalue weighted by Crippen LogP contribution is -2.50. The van der Waals surface area contributed by atoms with Crippen molar-refractivity contribution in [1.29, 1.82) is 0 Å². The molecule has 8 heteroatoms. The first-order chi connectivity index (χ1) is 16.4. The largest absolute Gasteiger partial charge is 0.494 e. The molecule has 2 saturated heterocycles. The summed E-state index contributed by atoms with van der Waals surface area (Å²) in [6.45, 7) is 3.04. The summed E-state index contributed by atoms with van der Waals surface area (Å²) in [7, 11) is 0. The Bertz CT molecular complexity index is 1030. The number of halogens is 1. The molecule has 34 heavy (non-hydrogen) atoms. The van der Waals surface area contributed by atoms with Gasteiger partial charge in [0.05, 0.1) is 18.8 Å². The average Bonchev–Trinajstić information content (AvgIpc) is 3.31. The van der Waals surface area contributed by atoms with Crippen molar-refractivity contribution in [2.24, 2.45) is 5.73 Å². The zero-order valence-corrected chi connectivity index (χ0v) is 20.0. The maximum atomic E-state index is 13.1. The van der Waals surface area contributed by atoms with E-state index in [4.69, 9.17) is 26.8 Å². The van der Waals surface area contributed by atoms with Crippen LogP contribution in [0.25, 0.3) is 0 Å². The molecule has 4 rings (SSSR count). The van der Waals surface area contributed by atoms with Gasteiger partial charge in [0.2, 0.25) is 5.91 Å². The van der Waals surface area contributed by atoms with Crippen molar-refractivity contribution in [2.75, 3.05) is 13.2 Å². The van der Waals surface area contributed by atoms with Crippen molar-refractivity contribution in [3.63, 3.8) is 0 Å². The topological polar surface area (TPSA) is 102 Å². The summed E-state index contributed by atoms with van der Waals surface area (Å²) in [5, 5.41) is 11.2. The van der Waals surface area contributed by atoms with Crippen molar-refractivity contribution < 1.29 is 24.2 Å². The summed E-state index contributed by atoms with van der Waals surface area (Å²) in [6, 6.07) is 13.0. The van der Waals surface area contributed by atoms with E-state index in [0.717, 1.165) is 28.9 Å². The number of ether oxygens (including phenoxy) is 2. The van der Waals surface area contributed by atoms with Crippen LogP contribution in [-0.2, 0) is 20.7 Å². The minimum Gasteiger partial charge on any atom is -0.494 e. The van der Waals surface area contributed by atoms with Crippen LogP contribution in [0, 0.1) is 0 Å². The first kappa shape index (κ1) is 24.5. The Morgan fingerprint density at radius 3 is 2.68 bits per heavy atom. The van der Waals surface area contributed by atoms with Crippen molar-refractivity contribution >= 4 is 23.4 Å². The lowest BCUT2D eigenvalue weighted by molar-refractivity contribution is -0.162. The van der Waals surface area contributed by atoms with E-state index in [9.17, 15) is 14.7 Å². The highest BCUT2D eigenvalue weighted by atomic mass is 35.5. The highest BCUT2D eigenvalue weighted by molar-refractivity contribution is 6.31. The van der Waals surface area contributed by atoms with Crippen molar-refractivity contribution in [2.45, 2.75) is 63.4 Å². The number of carbonyl (C=O) groups excluding carboxylic acids is 2. The van der Waals surface area contributed by atoms with Gasteiger partial charge in [0.25, 0.3) is 5.91 Å². The third-order valence-electron chi connectivity index (χ3n) is 6.51. The minimum atomic E-state index is -0.820. The first-order valence-electron chi connectivity index (χ1n) is 11.8. The predicted molar refractivity (Wildman–Crippen MR) is 129 cm³/mol. The van der Waals surface area contributed by atoms with Crippen LogP contribution in [0.4, 0.5) is 0 Å². The molecule has 0 spiro atoms. The van der Waals surface area contributed by atoms with Gasteiger partial charge in [-0.1, -0.05) is 35.9 Å². The molecule has 2 aliphatic rings. The minimum absolute atomic E-state index is 0.198. The molecule has 4 atom stereocenters. The van der Waals surface area contributed by atoms with E-state index in [1.807, 2.05) is 49.4 Å². The standard InChI is InChI=1S/C26H31ClN2O5/c1-2-33-20-8-5-16(6-9-20)12-18-13-17(7-10-21(18)27)23-14-19(30)15-24(34-23)26(32)29-11-3-4-22(29)25(28)31/h5-10,13,19,22-24,30H,2-4,11-12,14-15H2,1H3,(H2,28,31)/t19?,22-,23?,24?/m0/s1. The van der Waals surface area contributed by atoms with Crippen LogP contribution in [-0.4, -0.2) is 53.2 Å². The van der Waals surface area contributed by atoms with Gasteiger partial charge >= 0.3 is 0 Å². The molecule has 2 aromatic rings. The van der Waals surface area contributed by atoms with Gasteiger partial charge in [-0.15, -0.1) is 0 Å². The quantitative estimate of drug-likeness (QED) is 0.624. The number of aliphatic hydroxyl groups excluding tert-OH is 1. The molecule has 0 aromatic heterocycles. The number of rotatable bonds is 7. The van der Waals surface area contributed by atoms with Crippen molar-refractivity contribution in [3.8, 4) is 5.75 Å². The highest BCUT2D eigenvalue weighted by Gasteiger charge is 2.40. The van der Waals surface area contributed by atoms with Crippen molar-refractivity contribution in [3.05, 3.63) is 64.2 Å². The second-order valence-corrected chi connectivity index (χ2v) is 9.34. The third kappa shape index (κ3) is 5.54. The molecule has 3 unspecified atom stereocenters. The lowest BCUT2D eigenvalue weighted by atomic mass is 9.93. The second kappa shape index (κ2) is 10.8. The predicted octanol–water partition coefficient (Wildman–Crippen LogP) is 3.39. The normalized spacial score (nSPS) is 24.7. The molecular formula is C26H31ClN2O5. The van der Waals surface area contributed by atoms with Crippen LogP contribution in [0.15, 0.2) is 42.5 Å². The van der Waals surface area contributed by atoms with Gasteiger partial charge in [-0.25, -0.2) is 0 Å². The molecule has 182 valence electrons. The Kier molecular flexibility index (Phi) is 7.76. The molecule has 2 aromatic carbocycles. The number of nitrogens with two attached hydrogens (primary N) is 1. The van der Waals surface area contributed by atoms with Crippen LogP contribution < -0.4 is 10.5 Å². The summed E-state index contributed by atoms with van der Waals surface area (Å²) in [6.07, 6.45) is 0.535. The number of nitrogens with zero attached hydrogens (tertiary/aromatic N) is 1. The smallest absolute Gasteiger partial charge is 0.252 e. The van der Waals surface area contributed by atoms with Gasteiger partial charge in [-0.3, -0.25) is 9.59 Å². The van der Waals surface area contributed by atoms with E-state index in [1.165, 1.54) is 4.90 Å². The number of primary amides is 1. The molecule has 7 nitrogen and oxygen atoms in total. The summed E-state index contributed by atoms with van der Waals surface area (Å²) in [4.78, 5) is 26.4. The number of likely N-dealkylation sites (tertiary alicyclic amines) is 1. The van der Waals surface area contributed by atoms with Gasteiger partial charge in [-0.05, 0) is 61.1 Å². The summed E-state index contributed by atoms with van der Waals surface area (Å²) >= 11 is 6.49. The fourth-order valence-corrected chi connectivity index (χ4v) is 4.99. The number of carbonyl (C=O) groups is 2. The summed E-state index contributed by atoms with van der Waals surface area (Å²) in [5.74, 6) is 0.0343. The molecule has 0 radical (unpaired) electrons. The molecule has 0 bridgehead atoms. The number of benzene rings is 2. The zero-order chi connectivity index (χ0) is 24.2. The third-order valence-corrected chi connectivity index (χ3v) is 6.88. The number of hydrogen-bond acceptors (Lipinski definition) is 5. The molecule has 0 saturated carbocycles. The number of hydrogen-bond donors (Lipinski definition) is 2. The highest BCUT2D eigenvalue weighted by Crippen LogP contribution is 2.35. The van der Waals surface area contributed by atoms with E-state index >= 15 is 0 Å². The Hall–Kier alpha value is -2.61. The maximum absolute atomic E-state index is 13.1. The molecule has 2 fully saturated rings. The SMILES string of the molecule is CCOc1ccc(Cc2cc(C3CC(O)CC(C(=O)N4CCC[C@H]4C(N)=O)O3)ccc2Cl)cc1. The van der Waals surface area contributed by atoms with E-state index in [0.29, 0.717) is 37.4 Å². The Morgan fingerprint density at radius 1 is 1.21 bits per heavy atom. The van der Waals surface area contributed by atoms with Gasteiger partial charge in [-0.2, -0.15) is 0 Å². The lowest BCUT2D eigenvalue weighted by Gasteiger charge is -2.35. The molecule has 2 amide bonds. The summed E-state index contributed by atoms with van der Waals surface area (Å²) < 4.78 is 11.7. The molecule has 2 heterocycles. The fourth-order valence-electron chi connectivity index (χ4n) is 4.81. The van der Waals surface area contributed by atoms with E-state index in [1.54, 1.807) is 0 Å². The van der Waals surface area contributed by atoms with Crippen LogP contribution in [0.2, 0.25) is 5.02 Å². The van der Waals surface area contributed by atoms with Crippen LogP contribution >= 0.6 is 11.6 Å². The number of aliphatic hydroxyl groups is 1. The molecule has 2 aliphatic heterocycles. The van der Waals surface area contributed by atoms with Gasteiger partial charge < -0.3 is 25.2 Å². The van der Waals surface area contributed by atoms with E-state index in [2.05, 4.69) is 0 Å². The monoisotopic (exact) mass is 486 g/mol. The Labute approximate surface area is 204 Å². The van der Waals surface area contributed by atoms with Gasteiger partial charge in [0, 0.05) is 24.4 Å².